The Morgan fingerprint density at radius 1 is 0.711 bits per heavy atom. The van der Waals surface area contributed by atoms with Crippen LogP contribution in [0.15, 0.2) is 91.0 Å². The Morgan fingerprint density at radius 2 is 1.44 bits per heavy atom. The first kappa shape index (κ1) is 30.5. The number of hydrogen-bond donors (Lipinski definition) is 1. The minimum absolute atomic E-state index is 0. The van der Waals surface area contributed by atoms with Crippen molar-refractivity contribution in [3.05, 3.63) is 108 Å². The largest absolute Gasteiger partial charge is 0.507 e. The fourth-order valence-corrected chi connectivity index (χ4v) is 5.51. The van der Waals surface area contributed by atoms with Gasteiger partial charge >= 0.3 is 0 Å². The van der Waals surface area contributed by atoms with Crippen molar-refractivity contribution >= 4 is 28.0 Å². The second-order valence-corrected chi connectivity index (χ2v) is 13.2. The first-order valence-corrected chi connectivity index (χ1v) is 14.8. The molecule has 7 rings (SSSR count). The minimum atomic E-state index is -0.0691. The SMILES string of the molecule is CC(C)(C)c1ccc(O)c(-c2cccc(Oc3ccc4c(n3)n(-c3[c-]cccc3)c3nc5ccc(C(C)(C)C)cc5n43)n2)c1.[Pt]. The Labute approximate surface area is 276 Å². The van der Waals surface area contributed by atoms with E-state index in [4.69, 9.17) is 19.7 Å². The number of para-hydroxylation sites is 1. The summed E-state index contributed by atoms with van der Waals surface area (Å²) in [6.07, 6.45) is 0. The Balaban J connectivity index is 0.00000357. The number of nitrogens with zero attached hydrogens (tertiary/aromatic N) is 5. The third-order valence-corrected chi connectivity index (χ3v) is 7.99. The number of phenolic OH excluding ortho intramolecular Hbond substituents is 1. The topological polar surface area (TPSA) is 77.5 Å². The summed E-state index contributed by atoms with van der Waals surface area (Å²) in [5, 5.41) is 10.7. The van der Waals surface area contributed by atoms with Crippen LogP contribution in [0.4, 0.5) is 0 Å². The molecule has 0 amide bonds. The number of pyridine rings is 2. The Bertz CT molecular complexity index is 2190. The van der Waals surface area contributed by atoms with Gasteiger partial charge in [0.25, 0.3) is 0 Å². The van der Waals surface area contributed by atoms with Gasteiger partial charge in [-0.2, -0.15) is 29.2 Å². The van der Waals surface area contributed by atoms with E-state index in [9.17, 15) is 5.11 Å². The second kappa shape index (κ2) is 11.1. The maximum atomic E-state index is 10.7. The molecule has 8 heteroatoms. The molecule has 0 aliphatic rings. The molecule has 45 heavy (non-hydrogen) atoms. The van der Waals surface area contributed by atoms with Crippen LogP contribution in [0.1, 0.15) is 52.7 Å². The van der Waals surface area contributed by atoms with Crippen molar-refractivity contribution in [2.75, 3.05) is 0 Å². The zero-order valence-electron chi connectivity index (χ0n) is 26.1. The summed E-state index contributed by atoms with van der Waals surface area (Å²) in [4.78, 5) is 14.7. The molecule has 0 fully saturated rings. The molecule has 0 saturated heterocycles. The number of aromatic hydroxyl groups is 1. The van der Waals surface area contributed by atoms with Crippen LogP contribution in [-0.4, -0.2) is 29.0 Å². The molecule has 0 radical (unpaired) electrons. The van der Waals surface area contributed by atoms with Crippen LogP contribution in [0.2, 0.25) is 0 Å². The Hall–Kier alpha value is -4.48. The molecule has 7 aromatic rings. The molecule has 0 aliphatic carbocycles. The van der Waals surface area contributed by atoms with Crippen LogP contribution >= 0.6 is 0 Å². The van der Waals surface area contributed by atoms with E-state index in [2.05, 4.69) is 70.2 Å². The summed E-state index contributed by atoms with van der Waals surface area (Å²) >= 11 is 0. The second-order valence-electron chi connectivity index (χ2n) is 13.2. The van der Waals surface area contributed by atoms with Gasteiger partial charge in [0, 0.05) is 38.8 Å². The van der Waals surface area contributed by atoms with Gasteiger partial charge in [0.2, 0.25) is 17.5 Å². The van der Waals surface area contributed by atoms with Gasteiger partial charge in [0.15, 0.2) is 5.65 Å². The summed E-state index contributed by atoms with van der Waals surface area (Å²) < 4.78 is 10.4. The van der Waals surface area contributed by atoms with Crippen LogP contribution in [0.5, 0.6) is 17.5 Å². The quantitative estimate of drug-likeness (QED) is 0.181. The van der Waals surface area contributed by atoms with Gasteiger partial charge in [0.05, 0.1) is 22.2 Å². The van der Waals surface area contributed by atoms with Crippen molar-refractivity contribution in [2.45, 2.75) is 52.4 Å². The van der Waals surface area contributed by atoms with Crippen LogP contribution in [0.25, 0.3) is 44.9 Å². The summed E-state index contributed by atoms with van der Waals surface area (Å²) in [7, 11) is 0. The van der Waals surface area contributed by atoms with Gasteiger partial charge in [0.1, 0.15) is 5.75 Å². The van der Waals surface area contributed by atoms with Crippen molar-refractivity contribution in [3.63, 3.8) is 0 Å². The van der Waals surface area contributed by atoms with E-state index in [-0.39, 0.29) is 37.6 Å². The predicted octanol–water partition coefficient (Wildman–Crippen LogP) is 8.78. The zero-order chi connectivity index (χ0) is 30.8. The smallest absolute Gasteiger partial charge is 0.223 e. The predicted molar refractivity (Wildman–Crippen MR) is 175 cm³/mol. The molecule has 1 N–H and O–H groups in total. The van der Waals surface area contributed by atoms with Gasteiger partial charge in [-0.25, -0.2) is 9.97 Å². The van der Waals surface area contributed by atoms with Gasteiger partial charge in [-0.05, 0) is 58.4 Å². The number of imidazole rings is 2. The Morgan fingerprint density at radius 3 is 2.18 bits per heavy atom. The molecule has 0 saturated carbocycles. The van der Waals surface area contributed by atoms with E-state index >= 15 is 0 Å². The van der Waals surface area contributed by atoms with E-state index in [1.54, 1.807) is 12.1 Å². The number of rotatable bonds is 4. The molecule has 4 aromatic heterocycles. The molecule has 3 aromatic carbocycles. The molecule has 0 atom stereocenters. The van der Waals surface area contributed by atoms with Crippen molar-refractivity contribution in [1.82, 2.24) is 23.9 Å². The third-order valence-electron chi connectivity index (χ3n) is 7.99. The van der Waals surface area contributed by atoms with Crippen LogP contribution in [0.3, 0.4) is 0 Å². The first-order valence-electron chi connectivity index (χ1n) is 14.8. The van der Waals surface area contributed by atoms with E-state index in [0.29, 0.717) is 28.7 Å². The summed E-state index contributed by atoms with van der Waals surface area (Å²) in [5.74, 6) is 1.70. The number of benzene rings is 3. The third kappa shape index (κ3) is 5.51. The number of aromatic nitrogens is 5. The normalized spacial score (nSPS) is 12.1. The van der Waals surface area contributed by atoms with Crippen LogP contribution in [-0.2, 0) is 31.9 Å². The number of phenols is 1. The molecule has 230 valence electrons. The number of ether oxygens (including phenoxy) is 1. The molecular weight excluding hydrogens is 742 g/mol. The summed E-state index contributed by atoms with van der Waals surface area (Å²) in [5.41, 5.74) is 7.91. The van der Waals surface area contributed by atoms with Crippen molar-refractivity contribution in [1.29, 1.82) is 0 Å². The van der Waals surface area contributed by atoms with Gasteiger partial charge in [-0.15, -0.1) is 6.07 Å². The fraction of sp³-hybridized carbons (Fsp3) is 0.216. The molecule has 0 unspecified atom stereocenters. The Kier molecular flexibility index (Phi) is 7.57. The summed E-state index contributed by atoms with van der Waals surface area (Å²) in [6, 6.07) is 32.7. The zero-order valence-corrected chi connectivity index (χ0v) is 28.3. The monoisotopic (exact) mass is 775 g/mol. The van der Waals surface area contributed by atoms with E-state index in [1.165, 1.54) is 5.56 Å². The maximum absolute atomic E-state index is 10.7. The molecular formula is C37H34N5O2Pt-. The standard InChI is InChI=1S/C37H34N5O2.Pt/c1-36(2,3)23-16-19-31(43)26(21-23)27-13-10-14-32(38-27)44-33-20-18-29-34(40-33)41(25-11-8-7-9-12-25)35-39-28-17-15-24(37(4,5)6)22-30(28)42(29)35;/h7-11,13-22,43H,1-6H3;/q-1;. The first-order chi connectivity index (χ1) is 21.0. The van der Waals surface area contributed by atoms with Crippen LogP contribution < -0.4 is 4.74 Å². The fourth-order valence-electron chi connectivity index (χ4n) is 5.51. The molecule has 4 heterocycles. The minimum Gasteiger partial charge on any atom is -0.507 e. The van der Waals surface area contributed by atoms with Crippen molar-refractivity contribution in [2.24, 2.45) is 0 Å². The summed E-state index contributed by atoms with van der Waals surface area (Å²) in [6.45, 7) is 13.1. The van der Waals surface area contributed by atoms with E-state index in [0.717, 1.165) is 33.6 Å². The average molecular weight is 776 g/mol. The average Bonchev–Trinajstić information content (AvgIpc) is 3.50. The van der Waals surface area contributed by atoms with Crippen molar-refractivity contribution < 1.29 is 30.9 Å². The van der Waals surface area contributed by atoms with Crippen molar-refractivity contribution in [3.8, 4) is 34.5 Å². The van der Waals surface area contributed by atoms with Gasteiger partial charge in [-0.3, -0.25) is 8.97 Å². The van der Waals surface area contributed by atoms with E-state index in [1.807, 2.05) is 65.2 Å². The number of fused-ring (bicyclic) bond motifs is 5. The molecule has 0 spiro atoms. The number of hydrogen-bond acceptors (Lipinski definition) is 5. The molecule has 0 aliphatic heterocycles. The molecule has 7 nitrogen and oxygen atoms in total. The maximum Gasteiger partial charge on any atom is 0.223 e. The van der Waals surface area contributed by atoms with Gasteiger partial charge in [-0.1, -0.05) is 65.4 Å². The van der Waals surface area contributed by atoms with Gasteiger partial charge < -0.3 is 9.84 Å². The molecule has 0 bridgehead atoms. The van der Waals surface area contributed by atoms with E-state index < -0.39 is 0 Å². The van der Waals surface area contributed by atoms with Crippen LogP contribution in [0, 0.1) is 6.07 Å².